The minimum Gasteiger partial charge on any atom is -0.488 e. The van der Waals surface area contributed by atoms with Crippen molar-refractivity contribution in [2.24, 2.45) is 0 Å². The number of nitrogens with one attached hydrogen (secondary N) is 2. The Morgan fingerprint density at radius 1 is 0.971 bits per heavy atom. The van der Waals surface area contributed by atoms with Gasteiger partial charge in [-0.3, -0.25) is 9.59 Å². The molecule has 0 bridgehead atoms. The summed E-state index contributed by atoms with van der Waals surface area (Å²) in [6, 6.07) is 18.2. The molecule has 0 fully saturated rings. The van der Waals surface area contributed by atoms with Crippen LogP contribution in [-0.2, 0) is 11.2 Å². The van der Waals surface area contributed by atoms with Crippen molar-refractivity contribution >= 4 is 17.5 Å². The second-order valence-corrected chi connectivity index (χ2v) is 8.70. The molecule has 0 saturated heterocycles. The predicted molar refractivity (Wildman–Crippen MR) is 130 cm³/mol. The Balaban J connectivity index is 1.28. The van der Waals surface area contributed by atoms with E-state index in [4.69, 9.17) is 14.2 Å². The van der Waals surface area contributed by atoms with Crippen molar-refractivity contribution in [2.75, 3.05) is 25.1 Å². The zero-order valence-corrected chi connectivity index (χ0v) is 19.6. The molecule has 2 amide bonds. The van der Waals surface area contributed by atoms with E-state index in [1.807, 2.05) is 32.0 Å². The Kier molecular flexibility index (Phi) is 7.19. The monoisotopic (exact) mass is 478 g/mol. The van der Waals surface area contributed by atoms with Crippen LogP contribution in [-0.4, -0.2) is 37.2 Å². The number of fused-ring (bicyclic) bond motifs is 1. The van der Waals surface area contributed by atoms with Crippen LogP contribution in [0.2, 0.25) is 0 Å². The van der Waals surface area contributed by atoms with Gasteiger partial charge in [-0.1, -0.05) is 36.4 Å². The number of carbonyl (C=O) groups excluding carboxylic acids is 2. The molecule has 1 aliphatic rings. The second-order valence-electron chi connectivity index (χ2n) is 8.70. The normalized spacial score (nSPS) is 13.3. The molecule has 0 radical (unpaired) electrons. The van der Waals surface area contributed by atoms with Crippen LogP contribution in [0.4, 0.5) is 10.1 Å². The van der Waals surface area contributed by atoms with Gasteiger partial charge in [-0.05, 0) is 44.2 Å². The van der Waals surface area contributed by atoms with Crippen LogP contribution in [0.25, 0.3) is 0 Å². The number of amides is 2. The number of carbonyl (C=O) groups is 2. The summed E-state index contributed by atoms with van der Waals surface area (Å²) in [4.78, 5) is 24.9. The number of ether oxygens (including phenoxy) is 3. The average Bonchev–Trinajstić information content (AvgIpc) is 3.16. The maximum Gasteiger partial charge on any atom is 0.262 e. The van der Waals surface area contributed by atoms with Gasteiger partial charge in [0.25, 0.3) is 11.8 Å². The van der Waals surface area contributed by atoms with Crippen LogP contribution < -0.4 is 24.8 Å². The van der Waals surface area contributed by atoms with E-state index in [1.54, 1.807) is 30.3 Å². The molecule has 1 aliphatic heterocycles. The van der Waals surface area contributed by atoms with Crippen LogP contribution in [0.3, 0.4) is 0 Å². The maximum absolute atomic E-state index is 13.7. The molecule has 8 heteroatoms. The van der Waals surface area contributed by atoms with Gasteiger partial charge in [0.05, 0.1) is 17.8 Å². The van der Waals surface area contributed by atoms with E-state index >= 15 is 0 Å². The molecule has 0 aliphatic carbocycles. The second kappa shape index (κ2) is 10.5. The molecule has 182 valence electrons. The first-order chi connectivity index (χ1) is 16.8. The van der Waals surface area contributed by atoms with E-state index in [0.29, 0.717) is 5.75 Å². The fraction of sp³-hybridized carbons (Fsp3) is 0.259. The third-order valence-electron chi connectivity index (χ3n) is 5.34. The summed E-state index contributed by atoms with van der Waals surface area (Å²) in [5, 5.41) is 5.24. The van der Waals surface area contributed by atoms with Gasteiger partial charge in [-0.2, -0.15) is 0 Å². The maximum atomic E-state index is 13.7. The molecule has 3 aromatic rings. The summed E-state index contributed by atoms with van der Waals surface area (Å²) in [6.45, 7) is 4.19. The Morgan fingerprint density at radius 2 is 1.71 bits per heavy atom. The van der Waals surface area contributed by atoms with Gasteiger partial charge in [-0.25, -0.2) is 4.39 Å². The molecule has 0 atom stereocenters. The fourth-order valence-electron chi connectivity index (χ4n) is 3.79. The Hall–Kier alpha value is -4.07. The van der Waals surface area contributed by atoms with E-state index in [2.05, 4.69) is 10.6 Å². The highest BCUT2D eigenvalue weighted by atomic mass is 19.1. The topological polar surface area (TPSA) is 85.9 Å². The van der Waals surface area contributed by atoms with Crippen LogP contribution >= 0.6 is 0 Å². The first-order valence-corrected chi connectivity index (χ1v) is 11.3. The predicted octanol–water partition coefficient (Wildman–Crippen LogP) is 4.37. The van der Waals surface area contributed by atoms with Crippen LogP contribution in [0, 0.1) is 5.82 Å². The fourth-order valence-corrected chi connectivity index (χ4v) is 3.79. The van der Waals surface area contributed by atoms with Crippen molar-refractivity contribution in [1.82, 2.24) is 5.32 Å². The van der Waals surface area contributed by atoms with Gasteiger partial charge in [0.1, 0.15) is 23.8 Å². The number of rotatable bonds is 9. The zero-order valence-electron chi connectivity index (χ0n) is 19.6. The Labute approximate surface area is 203 Å². The third-order valence-corrected chi connectivity index (χ3v) is 5.34. The summed E-state index contributed by atoms with van der Waals surface area (Å²) >= 11 is 0. The smallest absolute Gasteiger partial charge is 0.262 e. The highest BCUT2D eigenvalue weighted by molar-refractivity contribution is 5.97. The molecule has 2 N–H and O–H groups in total. The van der Waals surface area contributed by atoms with Crippen molar-refractivity contribution in [3.63, 3.8) is 0 Å². The molecule has 7 nitrogen and oxygen atoms in total. The number of anilines is 1. The van der Waals surface area contributed by atoms with E-state index in [9.17, 15) is 14.0 Å². The van der Waals surface area contributed by atoms with Gasteiger partial charge >= 0.3 is 0 Å². The van der Waals surface area contributed by atoms with Crippen LogP contribution in [0.15, 0.2) is 66.7 Å². The van der Waals surface area contributed by atoms with Crippen LogP contribution in [0.1, 0.15) is 29.8 Å². The largest absolute Gasteiger partial charge is 0.488 e. The average molecular weight is 479 g/mol. The highest BCUT2D eigenvalue weighted by Crippen LogP contribution is 2.41. The van der Waals surface area contributed by atoms with Gasteiger partial charge < -0.3 is 24.8 Å². The van der Waals surface area contributed by atoms with Crippen LogP contribution in [0.5, 0.6) is 17.2 Å². The van der Waals surface area contributed by atoms with Crippen molar-refractivity contribution in [3.8, 4) is 17.2 Å². The summed E-state index contributed by atoms with van der Waals surface area (Å²) in [5.41, 5.74) is 1.16. The summed E-state index contributed by atoms with van der Waals surface area (Å²) in [7, 11) is 0. The lowest BCUT2D eigenvalue weighted by Gasteiger charge is -2.18. The number of hydrogen-bond donors (Lipinski definition) is 2. The van der Waals surface area contributed by atoms with E-state index in [-0.39, 0.29) is 48.3 Å². The van der Waals surface area contributed by atoms with Crippen molar-refractivity contribution in [1.29, 1.82) is 0 Å². The molecule has 0 saturated carbocycles. The molecule has 1 heterocycles. The summed E-state index contributed by atoms with van der Waals surface area (Å²) in [6.07, 6.45) is 0.811. The lowest BCUT2D eigenvalue weighted by molar-refractivity contribution is -0.118. The standard InChI is InChI=1S/C27H27FN2O5/c1-27(2)16-18-8-7-13-23(25(18)35-27)33-15-14-29-26(32)19-9-3-6-12-22(19)34-17-24(31)30-21-11-5-4-10-20(21)28/h3-13H,14-17H2,1-2H3,(H,29,32)(H,30,31). The Bertz CT molecular complexity index is 1230. The number of halogens is 1. The first kappa shape index (κ1) is 24.1. The van der Waals surface area contributed by atoms with Gasteiger partial charge in [0.15, 0.2) is 18.1 Å². The molecule has 0 unspecified atom stereocenters. The molecule has 3 aromatic carbocycles. The van der Waals surface area contributed by atoms with Crippen molar-refractivity contribution in [3.05, 3.63) is 83.7 Å². The molecule has 35 heavy (non-hydrogen) atoms. The van der Waals surface area contributed by atoms with E-state index in [1.165, 1.54) is 18.2 Å². The van der Waals surface area contributed by atoms with Gasteiger partial charge in [0, 0.05) is 12.0 Å². The number of para-hydroxylation sites is 3. The van der Waals surface area contributed by atoms with Crippen molar-refractivity contribution < 1.29 is 28.2 Å². The minimum atomic E-state index is -0.543. The van der Waals surface area contributed by atoms with E-state index in [0.717, 1.165) is 17.7 Å². The summed E-state index contributed by atoms with van der Waals surface area (Å²) < 4.78 is 31.1. The minimum absolute atomic E-state index is 0.0603. The van der Waals surface area contributed by atoms with Crippen molar-refractivity contribution in [2.45, 2.75) is 25.9 Å². The molecule has 0 aromatic heterocycles. The van der Waals surface area contributed by atoms with Gasteiger partial charge in [-0.15, -0.1) is 0 Å². The number of hydrogen-bond acceptors (Lipinski definition) is 5. The Morgan fingerprint density at radius 3 is 2.54 bits per heavy atom. The molecular formula is C27H27FN2O5. The molecule has 4 rings (SSSR count). The highest BCUT2D eigenvalue weighted by Gasteiger charge is 2.32. The lowest BCUT2D eigenvalue weighted by atomic mass is 10.0. The quantitative estimate of drug-likeness (QED) is 0.446. The van der Waals surface area contributed by atoms with E-state index < -0.39 is 11.7 Å². The molecule has 0 spiro atoms. The first-order valence-electron chi connectivity index (χ1n) is 11.3. The SMILES string of the molecule is CC1(C)Cc2cccc(OCCNC(=O)c3ccccc3OCC(=O)Nc3ccccc3F)c2O1. The number of benzene rings is 3. The molecular weight excluding hydrogens is 451 g/mol. The zero-order chi connectivity index (χ0) is 24.8. The summed E-state index contributed by atoms with van der Waals surface area (Å²) in [5.74, 6) is 0.182. The van der Waals surface area contributed by atoms with Gasteiger partial charge in [0.2, 0.25) is 0 Å². The third kappa shape index (κ3) is 6.09. The lowest BCUT2D eigenvalue weighted by Crippen LogP contribution is -2.29.